The number of imide groups is 1. The second kappa shape index (κ2) is 5.84. The molecule has 1 heterocycles. The third-order valence-electron chi connectivity index (χ3n) is 3.93. The van der Waals surface area contributed by atoms with Crippen LogP contribution in [0.1, 0.15) is 31.4 Å². The highest BCUT2D eigenvalue weighted by atomic mass is 19.4. The molecule has 0 aromatic heterocycles. The average Bonchev–Trinajstić information content (AvgIpc) is 2.71. The minimum absolute atomic E-state index is 0.155. The molecule has 1 aliphatic rings. The van der Waals surface area contributed by atoms with Gasteiger partial charge in [-0.1, -0.05) is 19.1 Å². The van der Waals surface area contributed by atoms with Gasteiger partial charge in [-0.25, -0.2) is 4.79 Å². The molecule has 2 rings (SSSR count). The van der Waals surface area contributed by atoms with Gasteiger partial charge in [0.2, 0.25) is 0 Å². The Hall–Kier alpha value is -2.09. The molecule has 2 N–H and O–H groups in total. The number of nitrogens with one attached hydrogen (secondary N) is 1. The number of aliphatic hydroxyl groups is 1. The van der Waals surface area contributed by atoms with E-state index in [0.29, 0.717) is 6.42 Å². The molecule has 1 aromatic rings. The number of rotatable bonds is 4. The number of halogens is 3. The van der Waals surface area contributed by atoms with Crippen LogP contribution in [0.5, 0.6) is 0 Å². The summed E-state index contributed by atoms with van der Waals surface area (Å²) < 4.78 is 37.8. The molecule has 1 saturated heterocycles. The highest BCUT2D eigenvalue weighted by molar-refractivity contribution is 6.07. The van der Waals surface area contributed by atoms with E-state index in [2.05, 4.69) is 5.32 Å². The number of aliphatic hydroxyl groups excluding tert-OH is 1. The van der Waals surface area contributed by atoms with Crippen LogP contribution in [-0.4, -0.2) is 34.6 Å². The zero-order valence-electron chi connectivity index (χ0n) is 12.6. The zero-order valence-corrected chi connectivity index (χ0v) is 12.6. The number of nitrogens with zero attached hydrogens (tertiary/aromatic N) is 1. The van der Waals surface area contributed by atoms with Gasteiger partial charge in [0.05, 0.1) is 18.2 Å². The van der Waals surface area contributed by atoms with E-state index >= 15 is 0 Å². The fourth-order valence-electron chi connectivity index (χ4n) is 2.39. The third-order valence-corrected chi connectivity index (χ3v) is 3.93. The molecule has 0 unspecified atom stereocenters. The Balaban J connectivity index is 2.28. The van der Waals surface area contributed by atoms with Gasteiger partial charge in [-0.15, -0.1) is 0 Å². The van der Waals surface area contributed by atoms with Crippen molar-refractivity contribution >= 4 is 11.9 Å². The van der Waals surface area contributed by atoms with Crippen molar-refractivity contribution in [1.29, 1.82) is 0 Å². The van der Waals surface area contributed by atoms with E-state index in [4.69, 9.17) is 0 Å². The smallest absolute Gasteiger partial charge is 0.391 e. The van der Waals surface area contributed by atoms with Gasteiger partial charge in [0.15, 0.2) is 0 Å². The number of alkyl halides is 3. The largest absolute Gasteiger partial charge is 0.416 e. The van der Waals surface area contributed by atoms with Crippen molar-refractivity contribution in [3.63, 3.8) is 0 Å². The quantitative estimate of drug-likeness (QED) is 0.832. The lowest BCUT2D eigenvalue weighted by Crippen LogP contribution is -2.42. The first-order chi connectivity index (χ1) is 10.6. The summed E-state index contributed by atoms with van der Waals surface area (Å²) in [7, 11) is 0. The summed E-state index contributed by atoms with van der Waals surface area (Å²) in [6, 6.07) is 3.39. The molecular formula is C15H17F3N2O3. The Labute approximate surface area is 131 Å². The number of hydrogen-bond acceptors (Lipinski definition) is 3. The molecular weight excluding hydrogens is 313 g/mol. The van der Waals surface area contributed by atoms with Gasteiger partial charge in [0, 0.05) is 0 Å². The summed E-state index contributed by atoms with van der Waals surface area (Å²) >= 11 is 0. The van der Waals surface area contributed by atoms with Gasteiger partial charge in [-0.05, 0) is 31.0 Å². The van der Waals surface area contributed by atoms with E-state index in [1.54, 1.807) is 6.92 Å². The third kappa shape index (κ3) is 3.17. The molecule has 0 spiro atoms. The van der Waals surface area contributed by atoms with E-state index in [9.17, 15) is 27.9 Å². The van der Waals surface area contributed by atoms with Gasteiger partial charge in [0.1, 0.15) is 5.54 Å². The van der Waals surface area contributed by atoms with Crippen molar-refractivity contribution in [3.8, 4) is 0 Å². The van der Waals surface area contributed by atoms with Crippen molar-refractivity contribution < 1.29 is 27.9 Å². The fourth-order valence-corrected chi connectivity index (χ4v) is 2.39. The molecule has 8 heteroatoms. The number of β-amino-alcohol motifs (C(OH)–C–C–N with tert-alkyl or cyclic N) is 1. The van der Waals surface area contributed by atoms with Crippen molar-refractivity contribution in [2.24, 2.45) is 0 Å². The van der Waals surface area contributed by atoms with Crippen LogP contribution in [0.25, 0.3) is 0 Å². The maximum absolute atomic E-state index is 12.6. The Morgan fingerprint density at radius 2 is 1.83 bits per heavy atom. The first kappa shape index (κ1) is 17.3. The SMILES string of the molecule is CC[C@@H](O)CN1C(=O)N[C@](C)(c2ccc(C(F)(F)F)cc2)C1=O. The number of amides is 3. The Morgan fingerprint density at radius 3 is 2.30 bits per heavy atom. The fraction of sp³-hybridized carbons (Fsp3) is 0.467. The van der Waals surface area contributed by atoms with Gasteiger partial charge >= 0.3 is 12.2 Å². The van der Waals surface area contributed by atoms with Crippen LogP contribution in [0.2, 0.25) is 0 Å². The summed E-state index contributed by atoms with van der Waals surface area (Å²) in [4.78, 5) is 25.3. The minimum Gasteiger partial charge on any atom is -0.391 e. The maximum atomic E-state index is 12.6. The molecule has 1 aromatic carbocycles. The summed E-state index contributed by atoms with van der Waals surface area (Å²) in [6.45, 7) is 2.98. The lowest BCUT2D eigenvalue weighted by molar-refractivity contribution is -0.137. The number of urea groups is 1. The van der Waals surface area contributed by atoms with Crippen molar-refractivity contribution in [2.75, 3.05) is 6.54 Å². The molecule has 23 heavy (non-hydrogen) atoms. The van der Waals surface area contributed by atoms with Crippen LogP contribution in [-0.2, 0) is 16.5 Å². The van der Waals surface area contributed by atoms with E-state index < -0.39 is 35.3 Å². The van der Waals surface area contributed by atoms with E-state index in [0.717, 1.165) is 17.0 Å². The highest BCUT2D eigenvalue weighted by Gasteiger charge is 2.49. The minimum atomic E-state index is -4.47. The summed E-state index contributed by atoms with van der Waals surface area (Å²) in [5.41, 5.74) is -2.04. The van der Waals surface area contributed by atoms with Gasteiger partial charge < -0.3 is 10.4 Å². The molecule has 0 bridgehead atoms. The van der Waals surface area contributed by atoms with Crippen LogP contribution < -0.4 is 5.32 Å². The van der Waals surface area contributed by atoms with Crippen molar-refractivity contribution in [2.45, 2.75) is 38.1 Å². The molecule has 2 atom stereocenters. The summed E-state index contributed by atoms with van der Waals surface area (Å²) in [6.07, 6.45) is -4.95. The van der Waals surface area contributed by atoms with Crippen LogP contribution in [0.3, 0.4) is 0 Å². The predicted molar refractivity (Wildman–Crippen MR) is 75.3 cm³/mol. The topological polar surface area (TPSA) is 69.6 Å². The molecule has 0 saturated carbocycles. The monoisotopic (exact) mass is 330 g/mol. The second-order valence-corrected chi connectivity index (χ2v) is 5.61. The summed E-state index contributed by atoms with van der Waals surface area (Å²) in [5.74, 6) is -0.602. The highest BCUT2D eigenvalue weighted by Crippen LogP contribution is 2.33. The number of carbonyl (C=O) groups excluding carboxylic acids is 2. The first-order valence-electron chi connectivity index (χ1n) is 7.09. The molecule has 3 amide bonds. The molecule has 0 radical (unpaired) electrons. The lowest BCUT2D eigenvalue weighted by Gasteiger charge is -2.23. The molecule has 1 aliphatic heterocycles. The predicted octanol–water partition coefficient (Wildman–Crippen LogP) is 2.24. The van der Waals surface area contributed by atoms with E-state index in [-0.39, 0.29) is 12.1 Å². The Bertz CT molecular complexity index is 615. The van der Waals surface area contributed by atoms with Crippen LogP contribution in [0.4, 0.5) is 18.0 Å². The Morgan fingerprint density at radius 1 is 1.26 bits per heavy atom. The van der Waals surface area contributed by atoms with Crippen molar-refractivity contribution in [3.05, 3.63) is 35.4 Å². The van der Waals surface area contributed by atoms with Gasteiger partial charge in [-0.3, -0.25) is 9.69 Å². The second-order valence-electron chi connectivity index (χ2n) is 5.61. The Kier molecular flexibility index (Phi) is 4.39. The van der Waals surface area contributed by atoms with Crippen LogP contribution in [0.15, 0.2) is 24.3 Å². The molecule has 0 aliphatic carbocycles. The zero-order chi connectivity index (χ0) is 17.4. The summed E-state index contributed by atoms with van der Waals surface area (Å²) in [5, 5.41) is 12.1. The van der Waals surface area contributed by atoms with Crippen molar-refractivity contribution in [1.82, 2.24) is 10.2 Å². The number of carbonyl (C=O) groups is 2. The maximum Gasteiger partial charge on any atom is 0.416 e. The average molecular weight is 330 g/mol. The van der Waals surface area contributed by atoms with Crippen LogP contribution in [0, 0.1) is 0 Å². The number of benzene rings is 1. The van der Waals surface area contributed by atoms with E-state index in [1.807, 2.05) is 0 Å². The molecule has 1 fully saturated rings. The van der Waals surface area contributed by atoms with Crippen LogP contribution >= 0.6 is 0 Å². The van der Waals surface area contributed by atoms with E-state index in [1.165, 1.54) is 19.1 Å². The lowest BCUT2D eigenvalue weighted by atomic mass is 9.91. The first-order valence-corrected chi connectivity index (χ1v) is 7.09. The molecule has 126 valence electrons. The normalized spacial score (nSPS) is 23.1. The standard InChI is InChI=1S/C15H17F3N2O3/c1-3-11(21)8-20-12(22)14(2,19-13(20)23)9-4-6-10(7-5-9)15(16,17)18/h4-7,11,21H,3,8H2,1-2H3,(H,19,23)/t11-,14-/m1/s1. The number of hydrogen-bond donors (Lipinski definition) is 2. The van der Waals surface area contributed by atoms with Gasteiger partial charge in [-0.2, -0.15) is 13.2 Å². The molecule has 5 nitrogen and oxygen atoms in total. The van der Waals surface area contributed by atoms with Gasteiger partial charge in [0.25, 0.3) is 5.91 Å².